The van der Waals surface area contributed by atoms with E-state index in [0.29, 0.717) is 10.2 Å². The van der Waals surface area contributed by atoms with Gasteiger partial charge in [0, 0.05) is 28.7 Å². The SMILES string of the molecule is C/C=C\C(=C/C(C)S(C)(=O)=O)NC(=O)c1cc(Br)cnc1Oc1ccc(F)cc1OC. The van der Waals surface area contributed by atoms with E-state index in [4.69, 9.17) is 9.47 Å². The lowest BCUT2D eigenvalue weighted by molar-refractivity contribution is 0.0964. The molecule has 0 aliphatic carbocycles. The minimum absolute atomic E-state index is 0.0402. The van der Waals surface area contributed by atoms with Gasteiger partial charge in [-0.3, -0.25) is 4.79 Å². The molecule has 2 aromatic rings. The van der Waals surface area contributed by atoms with Gasteiger partial charge in [-0.15, -0.1) is 0 Å². The van der Waals surface area contributed by atoms with Gasteiger partial charge in [-0.1, -0.05) is 6.08 Å². The minimum Gasteiger partial charge on any atom is -0.493 e. The highest BCUT2D eigenvalue weighted by Crippen LogP contribution is 2.33. The molecule has 0 bridgehead atoms. The number of ether oxygens (including phenoxy) is 2. The number of sulfone groups is 1. The normalized spacial score (nSPS) is 13.2. The van der Waals surface area contributed by atoms with Crippen LogP contribution in [0.2, 0.25) is 0 Å². The number of hydrogen-bond acceptors (Lipinski definition) is 6. The van der Waals surface area contributed by atoms with Crippen LogP contribution < -0.4 is 14.8 Å². The van der Waals surface area contributed by atoms with E-state index in [-0.39, 0.29) is 22.9 Å². The summed E-state index contributed by atoms with van der Waals surface area (Å²) in [6.07, 6.45) is 7.23. The average Bonchev–Trinajstić information content (AvgIpc) is 2.69. The zero-order valence-corrected chi connectivity index (χ0v) is 19.8. The van der Waals surface area contributed by atoms with Gasteiger partial charge < -0.3 is 14.8 Å². The molecular weight excluding hydrogens is 491 g/mol. The third-order valence-electron chi connectivity index (χ3n) is 4.09. The zero-order valence-electron chi connectivity index (χ0n) is 17.3. The van der Waals surface area contributed by atoms with Crippen LogP contribution in [0.15, 0.2) is 58.9 Å². The third kappa shape index (κ3) is 6.90. The molecule has 166 valence electrons. The van der Waals surface area contributed by atoms with E-state index in [1.165, 1.54) is 44.5 Å². The monoisotopic (exact) mass is 512 g/mol. The molecule has 1 N–H and O–H groups in total. The Kier molecular flexibility index (Phi) is 8.35. The highest BCUT2D eigenvalue weighted by atomic mass is 79.9. The molecule has 1 amide bonds. The number of nitrogens with zero attached hydrogens (tertiary/aromatic N) is 1. The highest BCUT2D eigenvalue weighted by Gasteiger charge is 2.19. The van der Waals surface area contributed by atoms with E-state index < -0.39 is 26.8 Å². The van der Waals surface area contributed by atoms with Crippen LogP contribution in [-0.4, -0.2) is 37.9 Å². The Morgan fingerprint density at radius 2 is 2.00 bits per heavy atom. The first kappa shape index (κ1) is 24.5. The first-order valence-electron chi connectivity index (χ1n) is 9.06. The van der Waals surface area contributed by atoms with Crippen molar-refractivity contribution in [1.82, 2.24) is 10.3 Å². The maximum Gasteiger partial charge on any atom is 0.261 e. The zero-order chi connectivity index (χ0) is 23.2. The van der Waals surface area contributed by atoms with Crippen LogP contribution in [0, 0.1) is 5.82 Å². The van der Waals surface area contributed by atoms with Crippen molar-refractivity contribution in [3.8, 4) is 17.4 Å². The number of amides is 1. The molecule has 0 aliphatic heterocycles. The van der Waals surface area contributed by atoms with E-state index in [2.05, 4.69) is 26.2 Å². The fourth-order valence-electron chi connectivity index (χ4n) is 2.39. The predicted molar refractivity (Wildman–Crippen MR) is 120 cm³/mol. The third-order valence-corrected chi connectivity index (χ3v) is 6.01. The van der Waals surface area contributed by atoms with Crippen molar-refractivity contribution < 1.29 is 27.1 Å². The number of pyridine rings is 1. The van der Waals surface area contributed by atoms with E-state index in [1.807, 2.05) is 0 Å². The molecule has 2 rings (SSSR count). The van der Waals surface area contributed by atoms with Crippen molar-refractivity contribution in [2.75, 3.05) is 13.4 Å². The minimum atomic E-state index is -3.33. The van der Waals surface area contributed by atoms with Crippen molar-refractivity contribution >= 4 is 31.7 Å². The summed E-state index contributed by atoms with van der Waals surface area (Å²) in [6.45, 7) is 3.25. The number of rotatable bonds is 8. The van der Waals surface area contributed by atoms with Gasteiger partial charge in [0.05, 0.1) is 12.4 Å². The lowest BCUT2D eigenvalue weighted by Crippen LogP contribution is -2.25. The molecular formula is C21H22BrFN2O5S. The number of methoxy groups -OCH3 is 1. The van der Waals surface area contributed by atoms with E-state index >= 15 is 0 Å². The smallest absolute Gasteiger partial charge is 0.261 e. The lowest BCUT2D eigenvalue weighted by atomic mass is 10.2. The summed E-state index contributed by atoms with van der Waals surface area (Å²) in [6, 6.07) is 5.20. The van der Waals surface area contributed by atoms with E-state index in [0.717, 1.165) is 12.3 Å². The van der Waals surface area contributed by atoms with Gasteiger partial charge >= 0.3 is 0 Å². The Balaban J connectivity index is 2.40. The van der Waals surface area contributed by atoms with Crippen molar-refractivity contribution in [3.05, 3.63) is 70.2 Å². The quantitative estimate of drug-likeness (QED) is 0.526. The molecule has 0 aliphatic rings. The fraction of sp³-hybridized carbons (Fsp3) is 0.238. The molecule has 1 aromatic carbocycles. The van der Waals surface area contributed by atoms with Gasteiger partial charge in [0.2, 0.25) is 5.88 Å². The maximum absolute atomic E-state index is 13.5. The van der Waals surface area contributed by atoms with Crippen molar-refractivity contribution in [3.63, 3.8) is 0 Å². The van der Waals surface area contributed by atoms with Gasteiger partial charge in [-0.25, -0.2) is 17.8 Å². The maximum atomic E-state index is 13.5. The van der Waals surface area contributed by atoms with Crippen LogP contribution >= 0.6 is 15.9 Å². The summed E-state index contributed by atoms with van der Waals surface area (Å²) in [5, 5.41) is 1.86. The molecule has 0 fully saturated rings. The molecule has 7 nitrogen and oxygen atoms in total. The van der Waals surface area contributed by atoms with Crippen molar-refractivity contribution in [2.24, 2.45) is 0 Å². The molecule has 1 aromatic heterocycles. The van der Waals surface area contributed by atoms with E-state index in [1.54, 1.807) is 19.1 Å². The van der Waals surface area contributed by atoms with Crippen LogP contribution in [0.5, 0.6) is 17.4 Å². The van der Waals surface area contributed by atoms with Crippen LogP contribution in [0.1, 0.15) is 24.2 Å². The van der Waals surface area contributed by atoms with Gasteiger partial charge in [0.15, 0.2) is 21.3 Å². The summed E-state index contributed by atoms with van der Waals surface area (Å²) in [4.78, 5) is 17.1. The molecule has 1 atom stereocenters. The Bertz CT molecular complexity index is 1130. The average molecular weight is 513 g/mol. The number of nitrogens with one attached hydrogen (secondary N) is 1. The fourth-order valence-corrected chi connectivity index (χ4v) is 3.12. The molecule has 0 spiro atoms. The first-order valence-corrected chi connectivity index (χ1v) is 11.8. The first-order chi connectivity index (χ1) is 14.5. The van der Waals surface area contributed by atoms with Crippen LogP contribution in [-0.2, 0) is 9.84 Å². The van der Waals surface area contributed by atoms with Gasteiger partial charge in [-0.2, -0.15) is 0 Å². The summed E-state index contributed by atoms with van der Waals surface area (Å²) >= 11 is 3.27. The second-order valence-corrected chi connectivity index (χ2v) is 9.83. The standard InChI is InChI=1S/C21H22BrFN2O5S/c1-5-6-16(9-13(2)31(4,27)28)25-20(26)17-10-14(22)12-24-21(17)30-18-8-7-15(23)11-19(18)29-3/h5-13H,1-4H3,(H,25,26)/b6-5-,16-9+. The van der Waals surface area contributed by atoms with E-state index in [9.17, 15) is 17.6 Å². The number of allylic oxidation sites excluding steroid dienone is 2. The number of benzene rings is 1. The van der Waals surface area contributed by atoms with Crippen LogP contribution in [0.4, 0.5) is 4.39 Å². The topological polar surface area (TPSA) is 94.6 Å². The van der Waals surface area contributed by atoms with Crippen LogP contribution in [0.25, 0.3) is 0 Å². The molecule has 1 unspecified atom stereocenters. The lowest BCUT2D eigenvalue weighted by Gasteiger charge is -2.14. The van der Waals surface area contributed by atoms with Crippen LogP contribution in [0.3, 0.4) is 0 Å². The Hall–Kier alpha value is -2.72. The van der Waals surface area contributed by atoms with Gasteiger partial charge in [-0.05, 0) is 60.1 Å². The predicted octanol–water partition coefficient (Wildman–Crippen LogP) is 4.41. The van der Waals surface area contributed by atoms with Crippen molar-refractivity contribution in [2.45, 2.75) is 19.1 Å². The number of carbonyl (C=O) groups is 1. The molecule has 0 radical (unpaired) electrons. The second kappa shape index (κ2) is 10.5. The number of hydrogen-bond donors (Lipinski definition) is 1. The summed E-state index contributed by atoms with van der Waals surface area (Å²) in [7, 11) is -1.97. The Morgan fingerprint density at radius 1 is 1.29 bits per heavy atom. The molecule has 31 heavy (non-hydrogen) atoms. The van der Waals surface area contributed by atoms with Gasteiger partial charge in [0.1, 0.15) is 11.4 Å². The molecule has 0 saturated carbocycles. The highest BCUT2D eigenvalue weighted by molar-refractivity contribution is 9.10. The number of halogens is 2. The number of aromatic nitrogens is 1. The number of carbonyl (C=O) groups excluding carboxylic acids is 1. The Morgan fingerprint density at radius 3 is 2.61 bits per heavy atom. The molecule has 0 saturated heterocycles. The summed E-state index contributed by atoms with van der Waals surface area (Å²) in [5.41, 5.74) is 0.374. The largest absolute Gasteiger partial charge is 0.493 e. The second-order valence-electron chi connectivity index (χ2n) is 6.51. The molecule has 1 heterocycles. The van der Waals surface area contributed by atoms with Crippen molar-refractivity contribution in [1.29, 1.82) is 0 Å². The summed E-state index contributed by atoms with van der Waals surface area (Å²) in [5.74, 6) is -0.821. The summed E-state index contributed by atoms with van der Waals surface area (Å²) < 4.78 is 48.3. The van der Waals surface area contributed by atoms with Gasteiger partial charge in [0.25, 0.3) is 5.91 Å². The Labute approximate surface area is 189 Å². The molecule has 10 heteroatoms.